The minimum atomic E-state index is -0.943. The number of esters is 1. The van der Waals surface area contributed by atoms with Crippen molar-refractivity contribution in [3.63, 3.8) is 0 Å². The highest BCUT2D eigenvalue weighted by Crippen LogP contribution is 2.26. The van der Waals surface area contributed by atoms with E-state index < -0.39 is 12.1 Å². The Balaban J connectivity index is 1.57. The first-order valence-corrected chi connectivity index (χ1v) is 10.5. The fourth-order valence-corrected chi connectivity index (χ4v) is 3.28. The standard InChI is InChI=1S/C24H27N3O4/c1-4-15(2)17-9-5-7-11-19(17)26-23(29)16(3)31-22(28)14-13-21-25-20-12-8-6-10-18(20)24(30)27-21/h5-12,15-16H,4,13-14H2,1-3H3,(H,26,29)(H,25,27,30)/t15-,16-/m1/s1. The van der Waals surface area contributed by atoms with Crippen LogP contribution in [-0.2, 0) is 20.7 Å². The maximum atomic E-state index is 12.5. The van der Waals surface area contributed by atoms with Gasteiger partial charge in [-0.3, -0.25) is 14.4 Å². The Labute approximate surface area is 180 Å². The fourth-order valence-electron chi connectivity index (χ4n) is 3.28. The van der Waals surface area contributed by atoms with E-state index in [1.54, 1.807) is 24.3 Å². The molecular weight excluding hydrogens is 394 g/mol. The second-order valence-electron chi connectivity index (χ2n) is 7.55. The monoisotopic (exact) mass is 421 g/mol. The Morgan fingerprint density at radius 1 is 1.10 bits per heavy atom. The molecule has 2 N–H and O–H groups in total. The predicted octanol–water partition coefficient (Wildman–Crippen LogP) is 3.94. The van der Waals surface area contributed by atoms with E-state index in [-0.39, 0.29) is 24.3 Å². The number of carbonyl (C=O) groups is 2. The summed E-state index contributed by atoms with van der Waals surface area (Å²) in [5.41, 5.74) is 2.09. The summed E-state index contributed by atoms with van der Waals surface area (Å²) in [6, 6.07) is 14.6. The molecule has 0 aliphatic rings. The average molecular weight is 421 g/mol. The highest BCUT2D eigenvalue weighted by molar-refractivity contribution is 5.95. The van der Waals surface area contributed by atoms with Gasteiger partial charge < -0.3 is 15.0 Å². The number of nitrogens with zero attached hydrogens (tertiary/aromatic N) is 1. The molecule has 7 nitrogen and oxygen atoms in total. The van der Waals surface area contributed by atoms with Crippen LogP contribution in [0, 0.1) is 0 Å². The number of para-hydroxylation sites is 2. The van der Waals surface area contributed by atoms with Crippen molar-refractivity contribution >= 4 is 28.5 Å². The molecular formula is C24H27N3O4. The van der Waals surface area contributed by atoms with Gasteiger partial charge in [0.2, 0.25) is 0 Å². The molecule has 1 heterocycles. The molecule has 1 aromatic heterocycles. The van der Waals surface area contributed by atoms with Gasteiger partial charge >= 0.3 is 5.97 Å². The number of fused-ring (bicyclic) bond motifs is 1. The lowest BCUT2D eigenvalue weighted by Crippen LogP contribution is -2.30. The van der Waals surface area contributed by atoms with E-state index in [2.05, 4.69) is 29.1 Å². The van der Waals surface area contributed by atoms with E-state index >= 15 is 0 Å². The van der Waals surface area contributed by atoms with Crippen molar-refractivity contribution in [2.45, 2.75) is 52.1 Å². The summed E-state index contributed by atoms with van der Waals surface area (Å²) in [4.78, 5) is 43.9. The number of aromatic amines is 1. The zero-order valence-electron chi connectivity index (χ0n) is 18.0. The lowest BCUT2D eigenvalue weighted by Gasteiger charge is -2.18. The summed E-state index contributed by atoms with van der Waals surface area (Å²) in [6.07, 6.45) is 0.218. The summed E-state index contributed by atoms with van der Waals surface area (Å²) < 4.78 is 5.28. The molecule has 0 saturated heterocycles. The Morgan fingerprint density at radius 2 is 1.81 bits per heavy atom. The normalized spacial score (nSPS) is 12.9. The Bertz CT molecular complexity index is 1140. The number of nitrogens with one attached hydrogen (secondary N) is 2. The van der Waals surface area contributed by atoms with Gasteiger partial charge in [0.1, 0.15) is 5.82 Å². The van der Waals surface area contributed by atoms with Crippen LogP contribution in [0.2, 0.25) is 0 Å². The summed E-state index contributed by atoms with van der Waals surface area (Å²) in [5.74, 6) is -0.221. The summed E-state index contributed by atoms with van der Waals surface area (Å²) in [5, 5.41) is 3.35. The van der Waals surface area contributed by atoms with Gasteiger partial charge in [-0.25, -0.2) is 4.98 Å². The van der Waals surface area contributed by atoms with Gasteiger partial charge in [-0.15, -0.1) is 0 Å². The second-order valence-corrected chi connectivity index (χ2v) is 7.55. The number of benzene rings is 2. The van der Waals surface area contributed by atoms with Crippen LogP contribution < -0.4 is 10.9 Å². The Morgan fingerprint density at radius 3 is 2.58 bits per heavy atom. The van der Waals surface area contributed by atoms with Crippen LogP contribution in [0.3, 0.4) is 0 Å². The van der Waals surface area contributed by atoms with Crippen LogP contribution in [0.15, 0.2) is 53.3 Å². The lowest BCUT2D eigenvalue weighted by atomic mass is 9.97. The van der Waals surface area contributed by atoms with Gasteiger partial charge in [-0.1, -0.05) is 44.2 Å². The van der Waals surface area contributed by atoms with Crippen LogP contribution in [0.25, 0.3) is 10.9 Å². The van der Waals surface area contributed by atoms with Gasteiger partial charge in [0.25, 0.3) is 11.5 Å². The second kappa shape index (κ2) is 10.0. The smallest absolute Gasteiger partial charge is 0.307 e. The quantitative estimate of drug-likeness (QED) is 0.537. The van der Waals surface area contributed by atoms with Crippen molar-refractivity contribution in [2.75, 3.05) is 5.32 Å². The SMILES string of the molecule is CC[C@@H](C)c1ccccc1NC(=O)[C@@H](C)OC(=O)CCc1nc2ccccc2c(=O)[nH]1. The molecule has 0 bridgehead atoms. The number of aromatic nitrogens is 2. The topological polar surface area (TPSA) is 101 Å². The first-order valence-electron chi connectivity index (χ1n) is 10.5. The van der Waals surface area contributed by atoms with Crippen LogP contribution in [-0.4, -0.2) is 27.9 Å². The average Bonchev–Trinajstić information content (AvgIpc) is 2.77. The summed E-state index contributed by atoms with van der Waals surface area (Å²) >= 11 is 0. The largest absolute Gasteiger partial charge is 0.453 e. The van der Waals surface area contributed by atoms with Crippen LogP contribution in [0.5, 0.6) is 0 Å². The van der Waals surface area contributed by atoms with E-state index in [1.807, 2.05) is 24.3 Å². The number of rotatable bonds is 8. The number of H-pyrrole nitrogens is 1. The molecule has 162 valence electrons. The first-order chi connectivity index (χ1) is 14.9. The fraction of sp³-hybridized carbons (Fsp3) is 0.333. The van der Waals surface area contributed by atoms with Crippen molar-refractivity contribution in [3.05, 3.63) is 70.3 Å². The predicted molar refractivity (Wildman–Crippen MR) is 120 cm³/mol. The minimum absolute atomic E-state index is 0.00234. The lowest BCUT2D eigenvalue weighted by molar-refractivity contribution is -0.153. The van der Waals surface area contributed by atoms with Crippen LogP contribution in [0.1, 0.15) is 50.9 Å². The van der Waals surface area contributed by atoms with Crippen molar-refractivity contribution in [3.8, 4) is 0 Å². The minimum Gasteiger partial charge on any atom is -0.453 e. The molecule has 0 unspecified atom stereocenters. The van der Waals surface area contributed by atoms with Crippen LogP contribution in [0.4, 0.5) is 5.69 Å². The molecule has 1 amide bonds. The number of hydrogen-bond donors (Lipinski definition) is 2. The van der Waals surface area contributed by atoms with Crippen molar-refractivity contribution in [1.29, 1.82) is 0 Å². The summed E-state index contributed by atoms with van der Waals surface area (Å²) in [6.45, 7) is 5.72. The maximum Gasteiger partial charge on any atom is 0.307 e. The molecule has 0 aliphatic heterocycles. The van der Waals surface area contributed by atoms with Gasteiger partial charge in [-0.05, 0) is 43.0 Å². The molecule has 3 aromatic rings. The molecule has 0 aliphatic carbocycles. The molecule has 2 atom stereocenters. The molecule has 0 saturated carbocycles. The number of hydrogen-bond acceptors (Lipinski definition) is 5. The van der Waals surface area contributed by atoms with Crippen LogP contribution >= 0.6 is 0 Å². The zero-order valence-corrected chi connectivity index (χ0v) is 18.0. The Kier molecular flexibility index (Phi) is 7.18. The third-order valence-electron chi connectivity index (χ3n) is 5.27. The van der Waals surface area contributed by atoms with E-state index in [1.165, 1.54) is 6.92 Å². The molecule has 31 heavy (non-hydrogen) atoms. The molecule has 0 spiro atoms. The van der Waals surface area contributed by atoms with Gasteiger partial charge in [0.15, 0.2) is 6.10 Å². The van der Waals surface area contributed by atoms with Crippen molar-refractivity contribution in [1.82, 2.24) is 9.97 Å². The molecule has 0 radical (unpaired) electrons. The van der Waals surface area contributed by atoms with E-state index in [0.717, 1.165) is 17.7 Å². The van der Waals surface area contributed by atoms with Crippen molar-refractivity contribution in [2.24, 2.45) is 0 Å². The number of aryl methyl sites for hydroxylation is 1. The third kappa shape index (κ3) is 5.57. The van der Waals surface area contributed by atoms with E-state index in [9.17, 15) is 14.4 Å². The number of ether oxygens (including phenoxy) is 1. The van der Waals surface area contributed by atoms with Gasteiger partial charge in [0.05, 0.1) is 17.3 Å². The highest BCUT2D eigenvalue weighted by atomic mass is 16.5. The highest BCUT2D eigenvalue weighted by Gasteiger charge is 2.20. The maximum absolute atomic E-state index is 12.5. The molecule has 0 fully saturated rings. The third-order valence-corrected chi connectivity index (χ3v) is 5.27. The molecule has 7 heteroatoms. The van der Waals surface area contributed by atoms with Crippen molar-refractivity contribution < 1.29 is 14.3 Å². The Hall–Kier alpha value is -3.48. The number of amides is 1. The van der Waals surface area contributed by atoms with E-state index in [4.69, 9.17) is 4.74 Å². The molecule has 2 aromatic carbocycles. The zero-order chi connectivity index (χ0) is 22.4. The number of carbonyl (C=O) groups excluding carboxylic acids is 2. The first kappa shape index (κ1) is 22.2. The van der Waals surface area contributed by atoms with E-state index in [0.29, 0.717) is 22.6 Å². The van der Waals surface area contributed by atoms with Gasteiger partial charge in [-0.2, -0.15) is 0 Å². The molecule has 3 rings (SSSR count). The number of anilines is 1. The van der Waals surface area contributed by atoms with Gasteiger partial charge in [0, 0.05) is 12.1 Å². The summed E-state index contributed by atoms with van der Waals surface area (Å²) in [7, 11) is 0.